The molecule has 0 N–H and O–H groups in total. The second kappa shape index (κ2) is 5.74. The lowest BCUT2D eigenvalue weighted by Crippen LogP contribution is -2.05. The summed E-state index contributed by atoms with van der Waals surface area (Å²) in [5.41, 5.74) is 1.39. The molecular formula is C15H20O. The molecule has 0 spiro atoms. The highest BCUT2D eigenvalue weighted by molar-refractivity contribution is 5.37. The maximum atomic E-state index is 5.66. The number of hydrogen-bond acceptors (Lipinski definition) is 1. The molecule has 0 heterocycles. The van der Waals surface area contributed by atoms with Crippen molar-refractivity contribution in [2.45, 2.75) is 44.9 Å². The van der Waals surface area contributed by atoms with Crippen LogP contribution in [-0.4, -0.2) is 0 Å². The fourth-order valence-electron chi connectivity index (χ4n) is 2.48. The van der Waals surface area contributed by atoms with Gasteiger partial charge in [-0.1, -0.05) is 43.5 Å². The molecule has 0 radical (unpaired) electrons. The first-order chi connectivity index (χ1) is 7.92. The number of benzene rings is 1. The first-order valence-corrected chi connectivity index (χ1v) is 6.28. The van der Waals surface area contributed by atoms with E-state index >= 15 is 0 Å². The van der Waals surface area contributed by atoms with E-state index in [1.54, 1.807) is 6.26 Å². The Morgan fingerprint density at radius 2 is 1.88 bits per heavy atom. The van der Waals surface area contributed by atoms with Crippen molar-refractivity contribution in [3.8, 4) is 5.75 Å². The lowest BCUT2D eigenvalue weighted by atomic mass is 9.84. The lowest BCUT2D eigenvalue weighted by Gasteiger charge is -2.23. The zero-order valence-corrected chi connectivity index (χ0v) is 9.99. The molecule has 0 amide bonds. The molecule has 0 atom stereocenters. The fourth-order valence-corrected chi connectivity index (χ4v) is 2.48. The Labute approximate surface area is 98.1 Å². The molecule has 1 aliphatic rings. The van der Waals surface area contributed by atoms with Crippen molar-refractivity contribution in [1.82, 2.24) is 0 Å². The highest BCUT2D eigenvalue weighted by Crippen LogP contribution is 2.37. The van der Waals surface area contributed by atoms with Gasteiger partial charge >= 0.3 is 0 Å². The predicted octanol–water partition coefficient (Wildman–Crippen LogP) is 4.65. The Bertz CT molecular complexity index is 348. The first-order valence-electron chi connectivity index (χ1n) is 6.28. The third-order valence-corrected chi connectivity index (χ3v) is 3.30. The zero-order valence-electron chi connectivity index (χ0n) is 9.99. The second-order valence-electron chi connectivity index (χ2n) is 4.46. The fraction of sp³-hybridized carbons (Fsp3) is 0.467. The largest absolute Gasteiger partial charge is 0.465 e. The Morgan fingerprint density at radius 3 is 2.62 bits per heavy atom. The maximum Gasteiger partial charge on any atom is 0.129 e. The average Bonchev–Trinajstić information content (AvgIpc) is 2.38. The van der Waals surface area contributed by atoms with Crippen molar-refractivity contribution in [3.05, 3.63) is 42.2 Å². The van der Waals surface area contributed by atoms with Crippen LogP contribution in [0.1, 0.15) is 50.5 Å². The van der Waals surface area contributed by atoms with Crippen molar-refractivity contribution >= 4 is 0 Å². The summed E-state index contributed by atoms with van der Waals surface area (Å²) in [6, 6.07) is 8.45. The minimum atomic E-state index is 0.704. The molecule has 2 rings (SSSR count). The van der Waals surface area contributed by atoms with Gasteiger partial charge in [0, 0.05) is 0 Å². The van der Waals surface area contributed by atoms with Crippen LogP contribution in [0.3, 0.4) is 0 Å². The zero-order chi connectivity index (χ0) is 11.2. The van der Waals surface area contributed by atoms with Crippen LogP contribution >= 0.6 is 0 Å². The van der Waals surface area contributed by atoms with Gasteiger partial charge in [-0.05, 0) is 37.3 Å². The van der Waals surface area contributed by atoms with E-state index in [1.807, 2.05) is 19.1 Å². The molecule has 0 aliphatic heterocycles. The van der Waals surface area contributed by atoms with Crippen LogP contribution in [0.2, 0.25) is 0 Å². The summed E-state index contributed by atoms with van der Waals surface area (Å²) in [6.07, 6.45) is 10.4. The van der Waals surface area contributed by atoms with E-state index in [4.69, 9.17) is 4.74 Å². The van der Waals surface area contributed by atoms with Gasteiger partial charge < -0.3 is 4.74 Å². The summed E-state index contributed by atoms with van der Waals surface area (Å²) in [5, 5.41) is 0. The van der Waals surface area contributed by atoms with E-state index < -0.39 is 0 Å². The molecule has 1 saturated carbocycles. The third kappa shape index (κ3) is 2.66. The van der Waals surface area contributed by atoms with Crippen LogP contribution < -0.4 is 4.74 Å². The van der Waals surface area contributed by atoms with Gasteiger partial charge in [-0.2, -0.15) is 0 Å². The Hall–Kier alpha value is -1.24. The van der Waals surface area contributed by atoms with Crippen LogP contribution in [0.15, 0.2) is 36.6 Å². The van der Waals surface area contributed by atoms with Gasteiger partial charge in [0.1, 0.15) is 5.75 Å². The average molecular weight is 216 g/mol. The van der Waals surface area contributed by atoms with E-state index in [0.29, 0.717) is 5.92 Å². The van der Waals surface area contributed by atoms with Crippen molar-refractivity contribution in [2.75, 3.05) is 0 Å². The van der Waals surface area contributed by atoms with Gasteiger partial charge in [0.05, 0.1) is 6.26 Å². The molecular weight excluding hydrogens is 196 g/mol. The van der Waals surface area contributed by atoms with Gasteiger partial charge in [-0.25, -0.2) is 0 Å². The molecule has 86 valence electrons. The maximum absolute atomic E-state index is 5.66. The van der Waals surface area contributed by atoms with Crippen LogP contribution in [0.25, 0.3) is 0 Å². The molecule has 0 bridgehead atoms. The Morgan fingerprint density at radius 1 is 1.12 bits per heavy atom. The molecule has 1 nitrogen and oxygen atoms in total. The van der Waals surface area contributed by atoms with E-state index in [1.165, 1.54) is 37.7 Å². The third-order valence-electron chi connectivity index (χ3n) is 3.30. The van der Waals surface area contributed by atoms with Gasteiger partial charge in [-0.15, -0.1) is 0 Å². The molecule has 0 aromatic heterocycles. The van der Waals surface area contributed by atoms with Gasteiger partial charge in [-0.3, -0.25) is 0 Å². The summed E-state index contributed by atoms with van der Waals surface area (Å²) in [7, 11) is 0. The van der Waals surface area contributed by atoms with Crippen molar-refractivity contribution in [1.29, 1.82) is 0 Å². The molecule has 0 unspecified atom stereocenters. The van der Waals surface area contributed by atoms with Crippen molar-refractivity contribution < 1.29 is 4.74 Å². The summed E-state index contributed by atoms with van der Waals surface area (Å²) in [4.78, 5) is 0. The predicted molar refractivity (Wildman–Crippen MR) is 67.7 cm³/mol. The SMILES string of the molecule is CC=COc1ccccc1C1CCCCC1. The molecule has 1 fully saturated rings. The van der Waals surface area contributed by atoms with E-state index in [-0.39, 0.29) is 0 Å². The molecule has 0 saturated heterocycles. The lowest BCUT2D eigenvalue weighted by molar-refractivity contribution is 0.418. The number of ether oxygens (including phenoxy) is 1. The van der Waals surface area contributed by atoms with Gasteiger partial charge in [0.25, 0.3) is 0 Å². The summed E-state index contributed by atoms with van der Waals surface area (Å²) in [6.45, 7) is 1.98. The van der Waals surface area contributed by atoms with E-state index in [2.05, 4.69) is 18.2 Å². The highest BCUT2D eigenvalue weighted by atomic mass is 16.5. The molecule has 16 heavy (non-hydrogen) atoms. The van der Waals surface area contributed by atoms with Gasteiger partial charge in [0.15, 0.2) is 0 Å². The summed E-state index contributed by atoms with van der Waals surface area (Å²) in [5.74, 6) is 1.74. The normalized spacial score (nSPS) is 17.8. The highest BCUT2D eigenvalue weighted by Gasteiger charge is 2.18. The van der Waals surface area contributed by atoms with Gasteiger partial charge in [0.2, 0.25) is 0 Å². The van der Waals surface area contributed by atoms with Crippen LogP contribution in [-0.2, 0) is 0 Å². The van der Waals surface area contributed by atoms with E-state index in [9.17, 15) is 0 Å². The number of para-hydroxylation sites is 1. The minimum Gasteiger partial charge on any atom is -0.465 e. The van der Waals surface area contributed by atoms with Crippen LogP contribution in [0.5, 0.6) is 5.75 Å². The van der Waals surface area contributed by atoms with Crippen LogP contribution in [0, 0.1) is 0 Å². The molecule has 1 aromatic carbocycles. The summed E-state index contributed by atoms with van der Waals surface area (Å²) < 4.78 is 5.66. The standard InChI is InChI=1S/C15H20O/c1-2-12-16-15-11-7-6-10-14(15)13-8-4-3-5-9-13/h2,6-7,10-13H,3-5,8-9H2,1H3. The quantitative estimate of drug-likeness (QED) is 0.668. The molecule has 1 aliphatic carbocycles. The second-order valence-corrected chi connectivity index (χ2v) is 4.46. The number of hydrogen-bond donors (Lipinski definition) is 0. The Balaban J connectivity index is 2.17. The smallest absolute Gasteiger partial charge is 0.129 e. The van der Waals surface area contributed by atoms with Crippen molar-refractivity contribution in [2.24, 2.45) is 0 Å². The molecule has 1 heteroatoms. The van der Waals surface area contributed by atoms with Crippen molar-refractivity contribution in [3.63, 3.8) is 0 Å². The summed E-state index contributed by atoms with van der Waals surface area (Å²) >= 11 is 0. The monoisotopic (exact) mass is 216 g/mol. The number of allylic oxidation sites excluding steroid dienone is 1. The topological polar surface area (TPSA) is 9.23 Å². The first kappa shape index (κ1) is 11.3. The molecule has 1 aromatic rings. The van der Waals surface area contributed by atoms with E-state index in [0.717, 1.165) is 5.75 Å². The Kier molecular flexibility index (Phi) is 4.03. The number of rotatable bonds is 3. The minimum absolute atomic E-state index is 0.704. The van der Waals surface area contributed by atoms with Crippen LogP contribution in [0.4, 0.5) is 0 Å².